The van der Waals surface area contributed by atoms with Crippen LogP contribution in [0.25, 0.3) is 0 Å². The van der Waals surface area contributed by atoms with Crippen molar-refractivity contribution in [1.82, 2.24) is 4.90 Å². The molecule has 2 rings (SSSR count). The first-order valence-electron chi connectivity index (χ1n) is 6.64. The van der Waals surface area contributed by atoms with Crippen molar-refractivity contribution in [3.8, 4) is 11.8 Å². The molecule has 0 amide bonds. The first kappa shape index (κ1) is 16.1. The normalized spacial score (nSPS) is 19.9. The maximum atomic E-state index is 11.8. The van der Waals surface area contributed by atoms with Crippen LogP contribution in [-0.2, 0) is 9.84 Å². The Morgan fingerprint density at radius 3 is 2.76 bits per heavy atom. The van der Waals surface area contributed by atoms with E-state index in [1.54, 1.807) is 36.0 Å². The lowest BCUT2D eigenvalue weighted by molar-refractivity contribution is 0.206. The van der Waals surface area contributed by atoms with Gasteiger partial charge in [-0.1, -0.05) is 0 Å². The Morgan fingerprint density at radius 1 is 1.43 bits per heavy atom. The molecular weight excluding hydrogens is 308 g/mol. The number of nitriles is 1. The molecule has 1 aliphatic rings. The third kappa shape index (κ3) is 4.63. The van der Waals surface area contributed by atoms with E-state index in [2.05, 4.69) is 6.07 Å². The van der Waals surface area contributed by atoms with E-state index in [-0.39, 0.29) is 0 Å². The van der Waals surface area contributed by atoms with Crippen molar-refractivity contribution in [3.05, 3.63) is 29.8 Å². The lowest BCUT2D eigenvalue weighted by atomic mass is 10.2. The Bertz CT molecular complexity index is 608. The maximum Gasteiger partial charge on any atom is 0.164 e. The highest BCUT2D eigenvalue weighted by Gasteiger charge is 2.30. The van der Waals surface area contributed by atoms with Crippen molar-refractivity contribution >= 4 is 21.6 Å². The second-order valence-corrected chi connectivity index (χ2v) is 8.23. The monoisotopic (exact) mass is 326 g/mol. The van der Waals surface area contributed by atoms with Crippen LogP contribution >= 0.6 is 11.8 Å². The summed E-state index contributed by atoms with van der Waals surface area (Å²) in [6.07, 6.45) is 1.29. The predicted octanol–water partition coefficient (Wildman–Crippen LogP) is 1.36. The Labute approximate surface area is 129 Å². The van der Waals surface area contributed by atoms with E-state index < -0.39 is 15.2 Å². The number of benzene rings is 1. The van der Waals surface area contributed by atoms with Crippen molar-refractivity contribution in [1.29, 1.82) is 5.26 Å². The van der Waals surface area contributed by atoms with Gasteiger partial charge in [-0.25, -0.2) is 8.42 Å². The predicted molar refractivity (Wildman–Crippen MR) is 84.2 cm³/mol. The van der Waals surface area contributed by atoms with Crippen LogP contribution in [0.15, 0.2) is 24.3 Å². The molecule has 0 saturated carbocycles. The van der Waals surface area contributed by atoms with Crippen LogP contribution in [0.1, 0.15) is 5.56 Å². The largest absolute Gasteiger partial charge is 0.492 e. The summed E-state index contributed by atoms with van der Waals surface area (Å²) >= 11 is 1.68. The standard InChI is InChI=1S/C14H18N2O3S2/c1-21(17,18)14-11-20-9-7-16(14)6-8-19-13-4-2-12(10-15)3-5-13/h2-5,14H,6-9,11H2,1H3. The second-order valence-electron chi connectivity index (χ2n) is 4.88. The minimum atomic E-state index is -3.07. The molecule has 114 valence electrons. The molecule has 0 aromatic heterocycles. The first-order chi connectivity index (χ1) is 10.0. The van der Waals surface area contributed by atoms with Gasteiger partial charge in [0.05, 0.1) is 11.6 Å². The molecular formula is C14H18N2O3S2. The molecule has 1 aromatic rings. The molecule has 0 N–H and O–H groups in total. The van der Waals surface area contributed by atoms with E-state index in [0.29, 0.717) is 30.2 Å². The maximum absolute atomic E-state index is 11.8. The summed E-state index contributed by atoms with van der Waals surface area (Å²) in [6, 6.07) is 8.95. The number of hydrogen-bond donors (Lipinski definition) is 0. The number of ether oxygens (including phenoxy) is 1. The van der Waals surface area contributed by atoms with Gasteiger partial charge in [0.2, 0.25) is 0 Å². The molecule has 0 bridgehead atoms. The zero-order chi connectivity index (χ0) is 15.3. The highest BCUT2D eigenvalue weighted by molar-refractivity contribution is 8.00. The molecule has 0 radical (unpaired) electrons. The third-order valence-electron chi connectivity index (χ3n) is 3.32. The van der Waals surface area contributed by atoms with Crippen LogP contribution in [0, 0.1) is 11.3 Å². The van der Waals surface area contributed by atoms with Crippen molar-refractivity contribution in [3.63, 3.8) is 0 Å². The van der Waals surface area contributed by atoms with E-state index in [1.165, 1.54) is 6.26 Å². The highest BCUT2D eigenvalue weighted by Crippen LogP contribution is 2.20. The van der Waals surface area contributed by atoms with Crippen molar-refractivity contribution in [2.45, 2.75) is 5.37 Å². The third-order valence-corrected chi connectivity index (χ3v) is 6.00. The Kier molecular flexibility index (Phi) is 5.51. The molecule has 5 nitrogen and oxygen atoms in total. The fraction of sp³-hybridized carbons (Fsp3) is 0.500. The molecule has 0 spiro atoms. The minimum absolute atomic E-state index is 0.416. The minimum Gasteiger partial charge on any atom is -0.492 e. The fourth-order valence-corrected chi connectivity index (χ4v) is 5.14. The van der Waals surface area contributed by atoms with Gasteiger partial charge in [-0.15, -0.1) is 0 Å². The molecule has 1 unspecified atom stereocenters. The summed E-state index contributed by atoms with van der Waals surface area (Å²) in [6.45, 7) is 1.78. The lowest BCUT2D eigenvalue weighted by Crippen LogP contribution is -2.48. The molecule has 1 saturated heterocycles. The molecule has 21 heavy (non-hydrogen) atoms. The van der Waals surface area contributed by atoms with Gasteiger partial charge in [-0.2, -0.15) is 17.0 Å². The number of thioether (sulfide) groups is 1. The van der Waals surface area contributed by atoms with Crippen molar-refractivity contribution < 1.29 is 13.2 Å². The van der Waals surface area contributed by atoms with Gasteiger partial charge in [-0.05, 0) is 24.3 Å². The van der Waals surface area contributed by atoms with Crippen molar-refractivity contribution in [2.24, 2.45) is 0 Å². The Morgan fingerprint density at radius 2 is 2.14 bits per heavy atom. The van der Waals surface area contributed by atoms with Gasteiger partial charge in [0.25, 0.3) is 0 Å². The van der Waals surface area contributed by atoms with Gasteiger partial charge in [0.15, 0.2) is 9.84 Å². The Balaban J connectivity index is 1.88. The molecule has 1 aromatic carbocycles. The summed E-state index contributed by atoms with van der Waals surface area (Å²) in [5.74, 6) is 2.26. The molecule has 1 fully saturated rings. The second kappa shape index (κ2) is 7.16. The van der Waals surface area contributed by atoms with Crippen molar-refractivity contribution in [2.75, 3.05) is 37.5 Å². The van der Waals surface area contributed by atoms with E-state index in [4.69, 9.17) is 10.00 Å². The van der Waals surface area contributed by atoms with Gasteiger partial charge < -0.3 is 4.74 Å². The number of nitrogens with zero attached hydrogens (tertiary/aromatic N) is 2. The average Bonchev–Trinajstić information content (AvgIpc) is 2.47. The molecule has 0 aliphatic carbocycles. The molecule has 1 atom stereocenters. The van der Waals surface area contributed by atoms with Gasteiger partial charge in [0.1, 0.15) is 17.7 Å². The van der Waals surface area contributed by atoms with Crippen LogP contribution in [0.5, 0.6) is 5.75 Å². The van der Waals surface area contributed by atoms with Crippen LogP contribution in [-0.4, -0.2) is 56.1 Å². The van der Waals surface area contributed by atoms with Crippen LogP contribution < -0.4 is 4.74 Å². The van der Waals surface area contributed by atoms with E-state index >= 15 is 0 Å². The van der Waals surface area contributed by atoms with E-state index in [9.17, 15) is 8.42 Å². The van der Waals surface area contributed by atoms with Gasteiger partial charge in [0, 0.05) is 30.9 Å². The zero-order valence-corrected chi connectivity index (χ0v) is 13.5. The molecule has 1 heterocycles. The topological polar surface area (TPSA) is 70.4 Å². The first-order valence-corrected chi connectivity index (χ1v) is 9.75. The molecule has 7 heteroatoms. The van der Waals surface area contributed by atoms with E-state index in [0.717, 1.165) is 12.3 Å². The van der Waals surface area contributed by atoms with Gasteiger partial charge in [-0.3, -0.25) is 4.90 Å². The smallest absolute Gasteiger partial charge is 0.164 e. The lowest BCUT2D eigenvalue weighted by Gasteiger charge is -2.33. The number of sulfone groups is 1. The summed E-state index contributed by atoms with van der Waals surface area (Å²) in [4.78, 5) is 1.97. The number of rotatable bonds is 5. The summed E-state index contributed by atoms with van der Waals surface area (Å²) in [5.41, 5.74) is 0.590. The summed E-state index contributed by atoms with van der Waals surface area (Å²) in [5, 5.41) is 8.31. The molecule has 1 aliphatic heterocycles. The quantitative estimate of drug-likeness (QED) is 0.813. The van der Waals surface area contributed by atoms with Crippen LogP contribution in [0.2, 0.25) is 0 Å². The van der Waals surface area contributed by atoms with Crippen LogP contribution in [0.3, 0.4) is 0 Å². The zero-order valence-electron chi connectivity index (χ0n) is 11.9. The van der Waals surface area contributed by atoms with Gasteiger partial charge >= 0.3 is 0 Å². The Hall–Kier alpha value is -1.23. The van der Waals surface area contributed by atoms with E-state index in [1.807, 2.05) is 4.90 Å². The fourth-order valence-electron chi connectivity index (χ4n) is 2.17. The average molecular weight is 326 g/mol. The van der Waals surface area contributed by atoms with Crippen LogP contribution in [0.4, 0.5) is 0 Å². The SMILES string of the molecule is CS(=O)(=O)C1CSCCN1CCOc1ccc(C#N)cc1. The summed E-state index contributed by atoms with van der Waals surface area (Å²) in [7, 11) is -3.07. The highest BCUT2D eigenvalue weighted by atomic mass is 32.2. The summed E-state index contributed by atoms with van der Waals surface area (Å²) < 4.78 is 29.2. The number of hydrogen-bond acceptors (Lipinski definition) is 6.